The number of amides is 1. The zero-order valence-electron chi connectivity index (χ0n) is 14.5. The number of carbonyl (C=O) groups is 1. The number of ether oxygens (including phenoxy) is 1. The second-order valence-electron chi connectivity index (χ2n) is 6.57. The van der Waals surface area contributed by atoms with Crippen LogP contribution in [0.4, 0.5) is 0 Å². The summed E-state index contributed by atoms with van der Waals surface area (Å²) in [7, 11) is 3.84. The highest BCUT2D eigenvalue weighted by Gasteiger charge is 2.38. The highest BCUT2D eigenvalue weighted by atomic mass is 16.5. The SMILES string of the molecule is CCc1nc(C)ccc1OCC(=O)N1CC[C@@](O)(CN(C)C)C1. The molecule has 1 amide bonds. The molecule has 0 radical (unpaired) electrons. The maximum atomic E-state index is 12.3. The van der Waals surface area contributed by atoms with Gasteiger partial charge in [0.25, 0.3) is 5.91 Å². The maximum Gasteiger partial charge on any atom is 0.260 e. The molecule has 6 nitrogen and oxygen atoms in total. The first-order valence-corrected chi connectivity index (χ1v) is 8.07. The number of pyridine rings is 1. The van der Waals surface area contributed by atoms with Crippen LogP contribution >= 0.6 is 0 Å². The molecule has 1 aliphatic heterocycles. The van der Waals surface area contributed by atoms with E-state index < -0.39 is 5.60 Å². The Balaban J connectivity index is 1.91. The van der Waals surface area contributed by atoms with Gasteiger partial charge in [-0.05, 0) is 46.0 Å². The number of rotatable bonds is 6. The van der Waals surface area contributed by atoms with Gasteiger partial charge in [-0.3, -0.25) is 9.78 Å². The van der Waals surface area contributed by atoms with Crippen LogP contribution in [0.1, 0.15) is 24.7 Å². The third-order valence-corrected chi connectivity index (χ3v) is 4.05. The minimum absolute atomic E-state index is 0.0181. The molecule has 2 heterocycles. The first kappa shape index (κ1) is 17.7. The highest BCUT2D eigenvalue weighted by Crippen LogP contribution is 2.23. The van der Waals surface area contributed by atoms with Gasteiger partial charge in [0.2, 0.25) is 0 Å². The van der Waals surface area contributed by atoms with Gasteiger partial charge < -0.3 is 19.6 Å². The van der Waals surface area contributed by atoms with Crippen LogP contribution in [0.2, 0.25) is 0 Å². The number of nitrogens with zero attached hydrogens (tertiary/aromatic N) is 3. The molecule has 23 heavy (non-hydrogen) atoms. The smallest absolute Gasteiger partial charge is 0.260 e. The Bertz CT molecular complexity index is 562. The number of likely N-dealkylation sites (N-methyl/N-ethyl adjacent to an activating group) is 1. The van der Waals surface area contributed by atoms with Gasteiger partial charge in [-0.2, -0.15) is 0 Å². The molecule has 0 aliphatic carbocycles. The van der Waals surface area contributed by atoms with E-state index in [1.807, 2.05) is 45.0 Å². The molecule has 0 unspecified atom stereocenters. The minimum Gasteiger partial charge on any atom is -0.482 e. The van der Waals surface area contributed by atoms with Gasteiger partial charge in [0.1, 0.15) is 5.75 Å². The third kappa shape index (κ3) is 4.65. The van der Waals surface area contributed by atoms with Crippen molar-refractivity contribution >= 4 is 5.91 Å². The first-order chi connectivity index (χ1) is 10.8. The summed E-state index contributed by atoms with van der Waals surface area (Å²) >= 11 is 0. The standard InChI is InChI=1S/C17H27N3O3/c1-5-14-15(7-6-13(2)18-14)23-10-16(21)20-9-8-17(22,12-20)11-19(3)4/h6-7,22H,5,8-12H2,1-4H3/t17-/m1/s1. The molecule has 1 aromatic rings. The number of hydrogen-bond donors (Lipinski definition) is 1. The molecule has 128 valence electrons. The van der Waals surface area contributed by atoms with Crippen LogP contribution in [0.15, 0.2) is 12.1 Å². The van der Waals surface area contributed by atoms with Crippen molar-refractivity contribution < 1.29 is 14.6 Å². The normalized spacial score (nSPS) is 21.0. The number of aryl methyl sites for hydroxylation is 2. The molecular weight excluding hydrogens is 294 g/mol. The minimum atomic E-state index is -0.820. The van der Waals surface area contributed by atoms with E-state index in [2.05, 4.69) is 4.98 Å². The lowest BCUT2D eigenvalue weighted by atomic mass is 10.0. The van der Waals surface area contributed by atoms with Crippen molar-refractivity contribution in [2.24, 2.45) is 0 Å². The van der Waals surface area contributed by atoms with Gasteiger partial charge in [0, 0.05) is 18.8 Å². The maximum absolute atomic E-state index is 12.3. The van der Waals surface area contributed by atoms with Crippen molar-refractivity contribution in [1.82, 2.24) is 14.8 Å². The number of aliphatic hydroxyl groups is 1. The summed E-state index contributed by atoms with van der Waals surface area (Å²) in [6.45, 7) is 5.41. The van der Waals surface area contributed by atoms with Gasteiger partial charge in [-0.15, -0.1) is 0 Å². The summed E-state index contributed by atoms with van der Waals surface area (Å²) in [6.07, 6.45) is 1.36. The molecule has 0 saturated carbocycles. The largest absolute Gasteiger partial charge is 0.482 e. The van der Waals surface area contributed by atoms with Crippen molar-refractivity contribution in [2.45, 2.75) is 32.3 Å². The zero-order valence-corrected chi connectivity index (χ0v) is 14.5. The Hall–Kier alpha value is -1.66. The molecular formula is C17H27N3O3. The summed E-state index contributed by atoms with van der Waals surface area (Å²) in [6, 6.07) is 3.74. The van der Waals surface area contributed by atoms with Gasteiger partial charge >= 0.3 is 0 Å². The van der Waals surface area contributed by atoms with Gasteiger partial charge in [0.15, 0.2) is 6.61 Å². The molecule has 0 aromatic carbocycles. The van der Waals surface area contributed by atoms with Crippen LogP contribution < -0.4 is 4.74 Å². The molecule has 1 fully saturated rings. The van der Waals surface area contributed by atoms with E-state index in [-0.39, 0.29) is 12.5 Å². The summed E-state index contributed by atoms with van der Waals surface area (Å²) in [5.41, 5.74) is 0.983. The van der Waals surface area contributed by atoms with E-state index >= 15 is 0 Å². The Kier molecular flexibility index (Phi) is 5.59. The molecule has 0 spiro atoms. The fourth-order valence-corrected chi connectivity index (χ4v) is 3.00. The topological polar surface area (TPSA) is 65.9 Å². The first-order valence-electron chi connectivity index (χ1n) is 8.07. The quantitative estimate of drug-likeness (QED) is 0.842. The van der Waals surface area contributed by atoms with Crippen LogP contribution in [0.25, 0.3) is 0 Å². The van der Waals surface area contributed by atoms with Gasteiger partial charge in [-0.1, -0.05) is 6.92 Å². The molecule has 1 saturated heterocycles. The van der Waals surface area contributed by atoms with E-state index in [4.69, 9.17) is 4.74 Å². The number of aromatic nitrogens is 1. The fraction of sp³-hybridized carbons (Fsp3) is 0.647. The van der Waals surface area contributed by atoms with Crippen LogP contribution in [0.3, 0.4) is 0 Å². The lowest BCUT2D eigenvalue weighted by molar-refractivity contribution is -0.133. The third-order valence-electron chi connectivity index (χ3n) is 4.05. The summed E-state index contributed by atoms with van der Waals surface area (Å²) in [5.74, 6) is 0.566. The van der Waals surface area contributed by atoms with Crippen LogP contribution in [-0.2, 0) is 11.2 Å². The summed E-state index contributed by atoms with van der Waals surface area (Å²) in [4.78, 5) is 20.4. The van der Waals surface area contributed by atoms with E-state index in [0.717, 1.165) is 17.8 Å². The molecule has 0 bridgehead atoms. The number of β-amino-alcohol motifs (C(OH)–C–C–N with tert-alkyl or cyclic N) is 1. The monoisotopic (exact) mass is 321 g/mol. The average Bonchev–Trinajstić information content (AvgIpc) is 2.86. The Labute approximate surface area is 138 Å². The lowest BCUT2D eigenvalue weighted by Gasteiger charge is -2.26. The molecule has 6 heteroatoms. The van der Waals surface area contributed by atoms with Crippen molar-refractivity contribution in [3.05, 3.63) is 23.5 Å². The second kappa shape index (κ2) is 7.27. The fourth-order valence-electron chi connectivity index (χ4n) is 3.00. The predicted molar refractivity (Wildman–Crippen MR) is 88.5 cm³/mol. The molecule has 1 N–H and O–H groups in total. The Morgan fingerprint density at radius 1 is 1.48 bits per heavy atom. The van der Waals surface area contributed by atoms with E-state index in [9.17, 15) is 9.90 Å². The van der Waals surface area contributed by atoms with Crippen molar-refractivity contribution in [3.63, 3.8) is 0 Å². The van der Waals surface area contributed by atoms with Gasteiger partial charge in [-0.25, -0.2) is 0 Å². The van der Waals surface area contributed by atoms with E-state index in [1.54, 1.807) is 4.90 Å². The number of hydrogen-bond acceptors (Lipinski definition) is 5. The average molecular weight is 321 g/mol. The van der Waals surface area contributed by atoms with E-state index in [0.29, 0.717) is 31.8 Å². The molecule has 1 aromatic heterocycles. The van der Waals surface area contributed by atoms with Crippen LogP contribution in [0.5, 0.6) is 5.75 Å². The number of carbonyl (C=O) groups excluding carboxylic acids is 1. The van der Waals surface area contributed by atoms with Crippen molar-refractivity contribution in [1.29, 1.82) is 0 Å². The van der Waals surface area contributed by atoms with E-state index in [1.165, 1.54) is 0 Å². The lowest BCUT2D eigenvalue weighted by Crippen LogP contribution is -2.44. The number of likely N-dealkylation sites (tertiary alicyclic amines) is 1. The van der Waals surface area contributed by atoms with Crippen LogP contribution in [0, 0.1) is 6.92 Å². The zero-order chi connectivity index (χ0) is 17.0. The van der Waals surface area contributed by atoms with Gasteiger partial charge in [0.05, 0.1) is 17.8 Å². The Morgan fingerprint density at radius 2 is 2.22 bits per heavy atom. The molecule has 1 aliphatic rings. The molecule has 2 rings (SSSR count). The summed E-state index contributed by atoms with van der Waals surface area (Å²) < 4.78 is 5.66. The second-order valence-corrected chi connectivity index (χ2v) is 6.57. The summed E-state index contributed by atoms with van der Waals surface area (Å²) in [5, 5.41) is 10.5. The van der Waals surface area contributed by atoms with Crippen LogP contribution in [-0.4, -0.2) is 71.7 Å². The van der Waals surface area contributed by atoms with Crippen molar-refractivity contribution in [3.8, 4) is 5.75 Å². The van der Waals surface area contributed by atoms with Crippen molar-refractivity contribution in [2.75, 3.05) is 40.3 Å². The highest BCUT2D eigenvalue weighted by molar-refractivity contribution is 5.78. The predicted octanol–water partition coefficient (Wildman–Crippen LogP) is 0.856. The molecule has 1 atom stereocenters. The Morgan fingerprint density at radius 3 is 2.87 bits per heavy atom.